The largest absolute Gasteiger partial charge is 0.362 e. The zero-order valence-corrected chi connectivity index (χ0v) is 19.6. The number of anilines is 3. The second kappa shape index (κ2) is 9.76. The molecule has 1 saturated carbocycles. The van der Waals surface area contributed by atoms with E-state index in [-0.39, 0.29) is 12.1 Å². The third kappa shape index (κ3) is 4.81. The van der Waals surface area contributed by atoms with Crippen LogP contribution in [0.2, 0.25) is 0 Å². The van der Waals surface area contributed by atoms with Crippen LogP contribution in [0.5, 0.6) is 0 Å². The number of hydrogen-bond acceptors (Lipinski definition) is 5. The third-order valence-corrected chi connectivity index (χ3v) is 6.84. The van der Waals surface area contributed by atoms with Crippen LogP contribution in [0.4, 0.5) is 22.2 Å². The summed E-state index contributed by atoms with van der Waals surface area (Å²) in [5, 5.41) is 3.59. The summed E-state index contributed by atoms with van der Waals surface area (Å²) < 4.78 is 0. The predicted octanol–water partition coefficient (Wildman–Crippen LogP) is 4.29. The summed E-state index contributed by atoms with van der Waals surface area (Å²) in [7, 11) is 4.11. The summed E-state index contributed by atoms with van der Waals surface area (Å²) in [6.45, 7) is 2.13. The van der Waals surface area contributed by atoms with Crippen molar-refractivity contribution < 1.29 is 4.79 Å². The van der Waals surface area contributed by atoms with Crippen molar-refractivity contribution in [1.29, 1.82) is 0 Å². The number of aryl methyl sites for hydroxylation is 2. The molecule has 1 aromatic heterocycles. The number of carbonyl (C=O) groups excluding carboxylic acids is 1. The number of nitrogens with zero attached hydrogens (tertiary/aromatic N) is 4. The smallest absolute Gasteiger partial charge is 0.319 e. The number of fused-ring (bicyclic) bond motifs is 1. The van der Waals surface area contributed by atoms with Gasteiger partial charge in [-0.3, -0.25) is 4.90 Å². The fourth-order valence-electron chi connectivity index (χ4n) is 5.08. The van der Waals surface area contributed by atoms with E-state index in [4.69, 9.17) is 15.7 Å². The fourth-order valence-corrected chi connectivity index (χ4v) is 5.08. The summed E-state index contributed by atoms with van der Waals surface area (Å²) in [6.07, 6.45) is 9.21. The summed E-state index contributed by atoms with van der Waals surface area (Å²) >= 11 is 0. The number of rotatable bonds is 6. The Morgan fingerprint density at radius 2 is 1.75 bits per heavy atom. The standard InChI is InChI=1S/C25H36N6O/c1-4-17-9-13-19(14-10-17)31(24(26)32)20-15-11-18(12-16-20)27-25-28-22-8-6-5-7-21(22)23(29-25)30(2)3/h9-10,13-14,18,20H,4-8,11-12,15-16H2,1-3H3,(H2,26,32)(H,27,28,29)/t18-,20+. The van der Waals surface area contributed by atoms with Crippen LogP contribution in [0, 0.1) is 0 Å². The van der Waals surface area contributed by atoms with Crippen molar-refractivity contribution in [3.63, 3.8) is 0 Å². The lowest BCUT2D eigenvalue weighted by atomic mass is 9.90. The molecule has 2 amide bonds. The Hall–Kier alpha value is -2.83. The van der Waals surface area contributed by atoms with Gasteiger partial charge in [0.2, 0.25) is 5.95 Å². The maximum absolute atomic E-state index is 12.3. The second-order valence-electron chi connectivity index (χ2n) is 9.28. The molecule has 3 N–H and O–H groups in total. The quantitative estimate of drug-likeness (QED) is 0.705. The Balaban J connectivity index is 1.43. The normalized spacial score (nSPS) is 20.3. The van der Waals surface area contributed by atoms with Crippen molar-refractivity contribution >= 4 is 23.5 Å². The van der Waals surface area contributed by atoms with Crippen LogP contribution in [0.25, 0.3) is 0 Å². The van der Waals surface area contributed by atoms with Crippen molar-refractivity contribution in [3.8, 4) is 0 Å². The van der Waals surface area contributed by atoms with Gasteiger partial charge in [-0.25, -0.2) is 9.78 Å². The Bertz CT molecular complexity index is 934. The fraction of sp³-hybridized carbons (Fsp3) is 0.560. The molecule has 172 valence electrons. The molecule has 7 heteroatoms. The van der Waals surface area contributed by atoms with E-state index < -0.39 is 0 Å². The van der Waals surface area contributed by atoms with Gasteiger partial charge in [0, 0.05) is 37.4 Å². The summed E-state index contributed by atoms with van der Waals surface area (Å²) in [6, 6.07) is 8.23. The molecule has 0 aliphatic heterocycles. The van der Waals surface area contributed by atoms with E-state index in [0.717, 1.165) is 62.4 Å². The minimum atomic E-state index is -0.376. The molecular formula is C25H36N6O. The van der Waals surface area contributed by atoms with E-state index in [1.54, 1.807) is 4.90 Å². The molecule has 2 aliphatic carbocycles. The third-order valence-electron chi connectivity index (χ3n) is 6.84. The van der Waals surface area contributed by atoms with Crippen molar-refractivity contribution in [3.05, 3.63) is 41.1 Å². The number of nitrogens with one attached hydrogen (secondary N) is 1. The van der Waals surface area contributed by atoms with Crippen LogP contribution in [0.15, 0.2) is 24.3 Å². The van der Waals surface area contributed by atoms with Crippen molar-refractivity contribution in [2.24, 2.45) is 5.73 Å². The number of amides is 2. The van der Waals surface area contributed by atoms with Crippen LogP contribution < -0.4 is 20.9 Å². The van der Waals surface area contributed by atoms with Gasteiger partial charge in [-0.1, -0.05) is 19.1 Å². The molecule has 1 fully saturated rings. The Kier molecular flexibility index (Phi) is 6.82. The summed E-state index contributed by atoms with van der Waals surface area (Å²) in [5.41, 5.74) is 10.4. The van der Waals surface area contributed by atoms with Gasteiger partial charge in [-0.2, -0.15) is 4.98 Å². The first kappa shape index (κ1) is 22.4. The minimum absolute atomic E-state index is 0.125. The molecule has 2 aromatic rings. The van der Waals surface area contributed by atoms with Crippen LogP contribution in [0.3, 0.4) is 0 Å². The summed E-state index contributed by atoms with van der Waals surface area (Å²) in [4.78, 5) is 25.9. The number of carbonyl (C=O) groups is 1. The van der Waals surface area contributed by atoms with Crippen LogP contribution >= 0.6 is 0 Å². The topological polar surface area (TPSA) is 87.4 Å². The van der Waals surface area contributed by atoms with Gasteiger partial charge in [0.15, 0.2) is 0 Å². The average Bonchev–Trinajstić information content (AvgIpc) is 2.80. The molecule has 7 nitrogen and oxygen atoms in total. The average molecular weight is 437 g/mol. The number of benzene rings is 1. The monoisotopic (exact) mass is 436 g/mol. The molecule has 0 unspecified atom stereocenters. The highest BCUT2D eigenvalue weighted by Gasteiger charge is 2.30. The van der Waals surface area contributed by atoms with E-state index in [1.165, 1.54) is 29.7 Å². The van der Waals surface area contributed by atoms with Crippen LogP contribution in [-0.4, -0.2) is 42.2 Å². The Labute approximate surface area is 191 Å². The first-order valence-electron chi connectivity index (χ1n) is 12.0. The number of urea groups is 1. The highest BCUT2D eigenvalue weighted by molar-refractivity contribution is 5.91. The van der Waals surface area contributed by atoms with Gasteiger partial charge in [-0.05, 0) is 75.5 Å². The van der Waals surface area contributed by atoms with Crippen LogP contribution in [-0.2, 0) is 19.3 Å². The molecule has 32 heavy (non-hydrogen) atoms. The molecule has 1 heterocycles. The molecule has 2 aliphatic rings. The van der Waals surface area contributed by atoms with Gasteiger partial charge in [0.25, 0.3) is 0 Å². The molecule has 0 saturated heterocycles. The van der Waals surface area contributed by atoms with Gasteiger partial charge in [0.1, 0.15) is 5.82 Å². The highest BCUT2D eigenvalue weighted by atomic mass is 16.2. The Morgan fingerprint density at radius 1 is 1.06 bits per heavy atom. The SMILES string of the molecule is CCc1ccc(N(C(N)=O)[C@H]2CC[C@@H](Nc3nc4c(c(N(C)C)n3)CCCC4)CC2)cc1. The molecule has 0 radical (unpaired) electrons. The van der Waals surface area contributed by atoms with Gasteiger partial charge >= 0.3 is 6.03 Å². The van der Waals surface area contributed by atoms with E-state index in [0.29, 0.717) is 6.04 Å². The molecule has 4 rings (SSSR count). The lowest BCUT2D eigenvalue weighted by Crippen LogP contribution is -2.46. The molecule has 0 spiro atoms. The number of hydrogen-bond donors (Lipinski definition) is 2. The van der Waals surface area contributed by atoms with Crippen LogP contribution in [0.1, 0.15) is 62.3 Å². The first-order valence-corrected chi connectivity index (χ1v) is 12.0. The maximum atomic E-state index is 12.3. The lowest BCUT2D eigenvalue weighted by molar-refractivity contribution is 0.248. The Morgan fingerprint density at radius 3 is 2.38 bits per heavy atom. The van der Waals surface area contributed by atoms with Crippen molar-refractivity contribution in [2.75, 3.05) is 29.2 Å². The maximum Gasteiger partial charge on any atom is 0.319 e. The van der Waals surface area contributed by atoms with Gasteiger partial charge in [0.05, 0.1) is 5.69 Å². The molecule has 0 atom stereocenters. The van der Waals surface area contributed by atoms with Crippen molar-refractivity contribution in [2.45, 2.75) is 76.8 Å². The van der Waals surface area contributed by atoms with E-state index in [9.17, 15) is 4.79 Å². The van der Waals surface area contributed by atoms with Gasteiger partial charge < -0.3 is 16.0 Å². The number of primary amides is 1. The van der Waals surface area contributed by atoms with Crippen molar-refractivity contribution in [1.82, 2.24) is 9.97 Å². The zero-order valence-electron chi connectivity index (χ0n) is 19.6. The predicted molar refractivity (Wildman–Crippen MR) is 131 cm³/mol. The van der Waals surface area contributed by atoms with E-state index in [2.05, 4.69) is 43.4 Å². The molecular weight excluding hydrogens is 400 g/mol. The minimum Gasteiger partial charge on any atom is -0.362 e. The second-order valence-corrected chi connectivity index (χ2v) is 9.28. The van der Waals surface area contributed by atoms with Gasteiger partial charge in [-0.15, -0.1) is 0 Å². The molecule has 1 aromatic carbocycles. The number of aromatic nitrogens is 2. The lowest BCUT2D eigenvalue weighted by Gasteiger charge is -2.36. The van der Waals surface area contributed by atoms with E-state index in [1.807, 2.05) is 12.1 Å². The highest BCUT2D eigenvalue weighted by Crippen LogP contribution is 2.31. The molecule has 0 bridgehead atoms. The number of nitrogens with two attached hydrogens (primary N) is 1. The zero-order chi connectivity index (χ0) is 22.7. The van der Waals surface area contributed by atoms with E-state index >= 15 is 0 Å². The first-order chi connectivity index (χ1) is 15.5. The summed E-state index contributed by atoms with van der Waals surface area (Å²) in [5.74, 6) is 1.78.